The lowest BCUT2D eigenvalue weighted by Crippen LogP contribution is -2.12. The van der Waals surface area contributed by atoms with Gasteiger partial charge in [0.1, 0.15) is 5.69 Å². The van der Waals surface area contributed by atoms with Gasteiger partial charge in [-0.05, 0) is 30.3 Å². The molecule has 0 radical (unpaired) electrons. The summed E-state index contributed by atoms with van der Waals surface area (Å²) >= 11 is 12.0. The van der Waals surface area contributed by atoms with Crippen LogP contribution in [0.2, 0.25) is 10.0 Å². The molecule has 3 rings (SSSR count). The molecule has 0 saturated heterocycles. The van der Waals surface area contributed by atoms with Gasteiger partial charge in [-0.25, -0.2) is 0 Å². The Morgan fingerprint density at radius 1 is 1.05 bits per heavy atom. The normalized spacial score (nSPS) is 10.5. The zero-order valence-corrected chi connectivity index (χ0v) is 12.8. The molecule has 0 unspecified atom stereocenters. The monoisotopic (exact) mass is 331 g/mol. The smallest absolute Gasteiger partial charge is 0.273 e. The van der Waals surface area contributed by atoms with E-state index in [1.54, 1.807) is 42.5 Å². The molecule has 0 saturated carbocycles. The number of benzene rings is 2. The second-order valence-electron chi connectivity index (χ2n) is 4.61. The number of H-pyrrole nitrogens is 1. The highest BCUT2D eigenvalue weighted by Gasteiger charge is 2.12. The van der Waals surface area contributed by atoms with Gasteiger partial charge in [-0.1, -0.05) is 47.5 Å². The van der Waals surface area contributed by atoms with Crippen molar-refractivity contribution in [2.24, 2.45) is 0 Å². The van der Waals surface area contributed by atoms with E-state index in [1.165, 1.54) is 0 Å². The molecule has 0 fully saturated rings. The third kappa shape index (κ3) is 3.13. The van der Waals surface area contributed by atoms with Gasteiger partial charge in [-0.2, -0.15) is 5.10 Å². The minimum atomic E-state index is -0.311. The van der Waals surface area contributed by atoms with Gasteiger partial charge >= 0.3 is 0 Å². The molecular weight excluding hydrogens is 321 g/mol. The first-order valence-corrected chi connectivity index (χ1v) is 7.26. The zero-order valence-electron chi connectivity index (χ0n) is 11.3. The van der Waals surface area contributed by atoms with Crippen molar-refractivity contribution in [1.82, 2.24) is 10.2 Å². The lowest BCUT2D eigenvalue weighted by atomic mass is 10.1. The van der Waals surface area contributed by atoms with Crippen LogP contribution < -0.4 is 5.32 Å². The van der Waals surface area contributed by atoms with Crippen molar-refractivity contribution in [3.63, 3.8) is 0 Å². The quantitative estimate of drug-likeness (QED) is 0.734. The number of nitrogens with zero attached hydrogens (tertiary/aromatic N) is 1. The van der Waals surface area contributed by atoms with Gasteiger partial charge in [0.25, 0.3) is 5.91 Å². The van der Waals surface area contributed by atoms with Gasteiger partial charge in [-0.15, -0.1) is 0 Å². The standard InChI is InChI=1S/C16H11Cl2N3O/c17-11-5-3-4-10(8-11)14-9-15(21-20-14)16(22)19-13-7-2-1-6-12(13)18/h1-9H,(H,19,22)(H,20,21). The summed E-state index contributed by atoms with van der Waals surface area (Å²) in [6.07, 6.45) is 0. The number of halogens is 2. The van der Waals surface area contributed by atoms with Crippen molar-refractivity contribution in [2.45, 2.75) is 0 Å². The summed E-state index contributed by atoms with van der Waals surface area (Å²) in [5, 5.41) is 10.7. The fraction of sp³-hybridized carbons (Fsp3) is 0. The van der Waals surface area contributed by atoms with E-state index in [2.05, 4.69) is 15.5 Å². The first kappa shape index (κ1) is 14.6. The Labute approximate surface area is 137 Å². The Morgan fingerprint density at radius 2 is 1.86 bits per heavy atom. The molecule has 0 spiro atoms. The summed E-state index contributed by atoms with van der Waals surface area (Å²) in [5.41, 5.74) is 2.37. The summed E-state index contributed by atoms with van der Waals surface area (Å²) in [6, 6.07) is 16.0. The molecule has 0 aliphatic rings. The number of nitrogens with one attached hydrogen (secondary N) is 2. The van der Waals surface area contributed by atoms with Crippen LogP contribution in [-0.2, 0) is 0 Å². The Balaban J connectivity index is 1.82. The molecule has 1 aromatic heterocycles. The molecule has 2 aromatic carbocycles. The molecule has 0 aliphatic carbocycles. The molecule has 1 amide bonds. The predicted molar refractivity (Wildman–Crippen MR) is 88.4 cm³/mol. The van der Waals surface area contributed by atoms with E-state index in [0.717, 1.165) is 5.56 Å². The van der Waals surface area contributed by atoms with Gasteiger partial charge in [0, 0.05) is 10.6 Å². The van der Waals surface area contributed by atoms with Gasteiger partial charge in [-0.3, -0.25) is 9.89 Å². The molecule has 6 heteroatoms. The maximum atomic E-state index is 12.2. The Hall–Kier alpha value is -2.30. The number of aromatic amines is 1. The molecule has 2 N–H and O–H groups in total. The zero-order chi connectivity index (χ0) is 15.5. The summed E-state index contributed by atoms with van der Waals surface area (Å²) in [4.78, 5) is 12.2. The predicted octanol–water partition coefficient (Wildman–Crippen LogP) is 4.64. The Morgan fingerprint density at radius 3 is 2.64 bits per heavy atom. The largest absolute Gasteiger partial charge is 0.319 e. The highest BCUT2D eigenvalue weighted by Crippen LogP contribution is 2.23. The third-order valence-electron chi connectivity index (χ3n) is 3.06. The SMILES string of the molecule is O=C(Nc1ccccc1Cl)c1cc(-c2cccc(Cl)c2)n[nH]1. The van der Waals surface area contributed by atoms with E-state index in [1.807, 2.05) is 12.1 Å². The summed E-state index contributed by atoms with van der Waals surface area (Å²) in [7, 11) is 0. The van der Waals surface area contributed by atoms with Crippen LogP contribution >= 0.6 is 23.2 Å². The Kier molecular flexibility index (Phi) is 4.13. The van der Waals surface area contributed by atoms with Gasteiger partial charge < -0.3 is 5.32 Å². The number of carbonyl (C=O) groups is 1. The topological polar surface area (TPSA) is 57.8 Å². The molecule has 0 bridgehead atoms. The second-order valence-corrected chi connectivity index (χ2v) is 5.45. The van der Waals surface area contributed by atoms with E-state index in [4.69, 9.17) is 23.2 Å². The first-order valence-electron chi connectivity index (χ1n) is 6.51. The van der Waals surface area contributed by atoms with E-state index in [0.29, 0.717) is 27.1 Å². The number of aromatic nitrogens is 2. The number of rotatable bonds is 3. The maximum Gasteiger partial charge on any atom is 0.273 e. The van der Waals surface area contributed by atoms with Crippen molar-refractivity contribution in [2.75, 3.05) is 5.32 Å². The van der Waals surface area contributed by atoms with Crippen molar-refractivity contribution < 1.29 is 4.79 Å². The van der Waals surface area contributed by atoms with Gasteiger partial charge in [0.2, 0.25) is 0 Å². The molecule has 110 valence electrons. The number of carbonyl (C=O) groups excluding carboxylic acids is 1. The van der Waals surface area contributed by atoms with Crippen LogP contribution in [0.3, 0.4) is 0 Å². The second kappa shape index (κ2) is 6.22. The molecule has 0 aliphatic heterocycles. The third-order valence-corrected chi connectivity index (χ3v) is 3.63. The summed E-state index contributed by atoms with van der Waals surface area (Å²) in [5.74, 6) is -0.311. The summed E-state index contributed by atoms with van der Waals surface area (Å²) in [6.45, 7) is 0. The lowest BCUT2D eigenvalue weighted by Gasteiger charge is -2.04. The first-order chi connectivity index (χ1) is 10.6. The van der Waals surface area contributed by atoms with E-state index in [9.17, 15) is 4.79 Å². The molecule has 0 atom stereocenters. The van der Waals surface area contributed by atoms with Crippen molar-refractivity contribution in [3.05, 3.63) is 70.3 Å². The van der Waals surface area contributed by atoms with Crippen LogP contribution in [0.1, 0.15) is 10.5 Å². The number of para-hydroxylation sites is 1. The molecule has 4 nitrogen and oxygen atoms in total. The van der Waals surface area contributed by atoms with Crippen LogP contribution in [0.15, 0.2) is 54.6 Å². The van der Waals surface area contributed by atoms with E-state index < -0.39 is 0 Å². The highest BCUT2D eigenvalue weighted by atomic mass is 35.5. The van der Waals surface area contributed by atoms with Crippen LogP contribution in [0.25, 0.3) is 11.3 Å². The number of hydrogen-bond donors (Lipinski definition) is 2. The van der Waals surface area contributed by atoms with Crippen molar-refractivity contribution in [1.29, 1.82) is 0 Å². The highest BCUT2D eigenvalue weighted by molar-refractivity contribution is 6.33. The van der Waals surface area contributed by atoms with E-state index >= 15 is 0 Å². The van der Waals surface area contributed by atoms with Gasteiger partial charge in [0.15, 0.2) is 0 Å². The molecular formula is C16H11Cl2N3O. The number of hydrogen-bond acceptors (Lipinski definition) is 2. The van der Waals surface area contributed by atoms with Crippen LogP contribution in [0.4, 0.5) is 5.69 Å². The fourth-order valence-electron chi connectivity index (χ4n) is 1.99. The van der Waals surface area contributed by atoms with E-state index in [-0.39, 0.29) is 5.91 Å². The number of amides is 1. The van der Waals surface area contributed by atoms with Crippen molar-refractivity contribution in [3.8, 4) is 11.3 Å². The van der Waals surface area contributed by atoms with Crippen LogP contribution in [-0.4, -0.2) is 16.1 Å². The maximum absolute atomic E-state index is 12.2. The minimum absolute atomic E-state index is 0.311. The Bertz CT molecular complexity index is 830. The molecule has 22 heavy (non-hydrogen) atoms. The van der Waals surface area contributed by atoms with Gasteiger partial charge in [0.05, 0.1) is 16.4 Å². The fourth-order valence-corrected chi connectivity index (χ4v) is 2.36. The van der Waals surface area contributed by atoms with Crippen LogP contribution in [0.5, 0.6) is 0 Å². The van der Waals surface area contributed by atoms with Crippen molar-refractivity contribution >= 4 is 34.8 Å². The summed E-state index contributed by atoms with van der Waals surface area (Å²) < 4.78 is 0. The number of anilines is 1. The van der Waals surface area contributed by atoms with Crippen LogP contribution in [0, 0.1) is 0 Å². The lowest BCUT2D eigenvalue weighted by molar-refractivity contribution is 0.102. The molecule has 1 heterocycles. The minimum Gasteiger partial charge on any atom is -0.319 e. The average molecular weight is 332 g/mol. The average Bonchev–Trinajstić information content (AvgIpc) is 2.99. The molecule has 3 aromatic rings.